The number of thiophene rings is 1. The fourth-order valence-corrected chi connectivity index (χ4v) is 4.20. The maximum absolute atomic E-state index is 12.8. The van der Waals surface area contributed by atoms with Gasteiger partial charge in [0.2, 0.25) is 5.91 Å². The average Bonchev–Trinajstić information content (AvgIpc) is 3.17. The summed E-state index contributed by atoms with van der Waals surface area (Å²) >= 11 is 1.65. The first kappa shape index (κ1) is 20.8. The number of rotatable bonds is 6. The molecule has 2 aromatic rings. The second kappa shape index (κ2) is 9.07. The van der Waals surface area contributed by atoms with Crippen molar-refractivity contribution in [2.45, 2.75) is 18.6 Å². The first-order valence-electron chi connectivity index (χ1n) is 9.22. The summed E-state index contributed by atoms with van der Waals surface area (Å²) in [5.74, 6) is -0.269. The Kier molecular flexibility index (Phi) is 6.74. The van der Waals surface area contributed by atoms with Crippen molar-refractivity contribution < 1.29 is 18.0 Å². The van der Waals surface area contributed by atoms with Crippen LogP contribution in [0.3, 0.4) is 0 Å². The molecule has 1 aliphatic rings. The molecule has 0 radical (unpaired) electrons. The number of alkyl halides is 3. The molecule has 0 spiro atoms. The number of likely N-dealkylation sites (N-methyl/N-ethyl adjacent to an activating group) is 1. The van der Waals surface area contributed by atoms with Crippen molar-refractivity contribution in [1.29, 1.82) is 0 Å². The lowest BCUT2D eigenvalue weighted by atomic mass is 10.1. The lowest BCUT2D eigenvalue weighted by Gasteiger charge is -2.37. The Hall–Kier alpha value is -1.90. The number of carbonyl (C=O) groups is 1. The van der Waals surface area contributed by atoms with Crippen LogP contribution in [0.5, 0.6) is 0 Å². The van der Waals surface area contributed by atoms with Crippen LogP contribution in [0.4, 0.5) is 13.2 Å². The maximum Gasteiger partial charge on any atom is 0.416 e. The molecule has 1 aromatic carbocycles. The van der Waals surface area contributed by atoms with Gasteiger partial charge in [0.15, 0.2) is 0 Å². The van der Waals surface area contributed by atoms with E-state index in [2.05, 4.69) is 28.2 Å². The van der Waals surface area contributed by atoms with E-state index in [1.54, 1.807) is 17.4 Å². The Morgan fingerprint density at radius 3 is 2.57 bits per heavy atom. The second-order valence-electron chi connectivity index (χ2n) is 7.05. The summed E-state index contributed by atoms with van der Waals surface area (Å²) in [6, 6.07) is 9.08. The monoisotopic (exact) mass is 411 g/mol. The van der Waals surface area contributed by atoms with Gasteiger partial charge in [0.05, 0.1) is 18.0 Å². The van der Waals surface area contributed by atoms with Crippen molar-refractivity contribution in [2.75, 3.05) is 39.8 Å². The van der Waals surface area contributed by atoms with Crippen LogP contribution in [-0.4, -0.2) is 55.5 Å². The number of hydrogen-bond acceptors (Lipinski definition) is 4. The molecule has 1 saturated heterocycles. The third kappa shape index (κ3) is 5.56. The fourth-order valence-electron chi connectivity index (χ4n) is 3.34. The summed E-state index contributed by atoms with van der Waals surface area (Å²) in [7, 11) is 2.09. The van der Waals surface area contributed by atoms with Crippen molar-refractivity contribution in [3.63, 3.8) is 0 Å². The minimum Gasteiger partial charge on any atom is -0.354 e. The molecule has 152 valence electrons. The Bertz CT molecular complexity index is 771. The first-order valence-corrected chi connectivity index (χ1v) is 10.1. The molecule has 0 unspecified atom stereocenters. The van der Waals surface area contributed by atoms with Crippen LogP contribution in [0.25, 0.3) is 0 Å². The van der Waals surface area contributed by atoms with Gasteiger partial charge in [-0.2, -0.15) is 13.2 Å². The van der Waals surface area contributed by atoms with Gasteiger partial charge in [0, 0.05) is 37.6 Å². The molecule has 1 aromatic heterocycles. The van der Waals surface area contributed by atoms with Crippen LogP contribution in [0, 0.1) is 0 Å². The lowest BCUT2D eigenvalue weighted by molar-refractivity contribution is -0.137. The van der Waals surface area contributed by atoms with Gasteiger partial charge in [0.1, 0.15) is 0 Å². The van der Waals surface area contributed by atoms with E-state index < -0.39 is 11.7 Å². The highest BCUT2D eigenvalue weighted by molar-refractivity contribution is 7.10. The molecule has 1 amide bonds. The van der Waals surface area contributed by atoms with Gasteiger partial charge in [0.25, 0.3) is 0 Å². The number of hydrogen-bond donors (Lipinski definition) is 1. The van der Waals surface area contributed by atoms with Gasteiger partial charge in [-0.1, -0.05) is 24.3 Å². The number of nitrogens with one attached hydrogen (secondary N) is 1. The molecule has 1 fully saturated rings. The molecule has 4 nitrogen and oxygen atoms in total. The second-order valence-corrected chi connectivity index (χ2v) is 8.03. The highest BCUT2D eigenvalue weighted by Gasteiger charge is 2.30. The minimum atomic E-state index is -4.40. The quantitative estimate of drug-likeness (QED) is 0.791. The van der Waals surface area contributed by atoms with Gasteiger partial charge in [-0.3, -0.25) is 9.69 Å². The predicted molar refractivity (Wildman–Crippen MR) is 104 cm³/mol. The molecule has 2 heterocycles. The number of benzene rings is 1. The molecule has 28 heavy (non-hydrogen) atoms. The Morgan fingerprint density at radius 1 is 1.18 bits per heavy atom. The summed E-state index contributed by atoms with van der Waals surface area (Å²) < 4.78 is 38.5. The normalized spacial score (nSPS) is 17.4. The van der Waals surface area contributed by atoms with E-state index in [0.29, 0.717) is 12.1 Å². The summed E-state index contributed by atoms with van der Waals surface area (Å²) in [6.45, 7) is 4.23. The predicted octanol–water partition coefficient (Wildman–Crippen LogP) is 3.41. The van der Waals surface area contributed by atoms with Crippen molar-refractivity contribution in [1.82, 2.24) is 15.1 Å². The van der Waals surface area contributed by atoms with Crippen LogP contribution >= 0.6 is 11.3 Å². The first-order chi connectivity index (χ1) is 13.3. The number of nitrogens with zero attached hydrogens (tertiary/aromatic N) is 2. The summed E-state index contributed by atoms with van der Waals surface area (Å²) in [6.07, 6.45) is -4.47. The number of piperazine rings is 1. The smallest absolute Gasteiger partial charge is 0.354 e. The van der Waals surface area contributed by atoms with Crippen molar-refractivity contribution >= 4 is 17.2 Å². The zero-order valence-corrected chi connectivity index (χ0v) is 16.5. The standard InChI is InChI=1S/C20H24F3N3OS/c1-25-7-9-26(10-8-25)17(18-6-3-11-28-18)14-24-19(27)13-15-4-2-5-16(12-15)20(21,22)23/h2-6,11-12,17H,7-10,13-14H2,1H3,(H,24,27)/t17-/m0/s1. The third-order valence-corrected chi connectivity index (χ3v) is 5.94. The van der Waals surface area contributed by atoms with Gasteiger partial charge in [-0.05, 0) is 30.1 Å². The molecule has 0 saturated carbocycles. The van der Waals surface area contributed by atoms with Crippen LogP contribution < -0.4 is 5.32 Å². The Morgan fingerprint density at radius 2 is 1.93 bits per heavy atom. The van der Waals surface area contributed by atoms with Crippen LogP contribution in [0.1, 0.15) is 22.0 Å². The number of halogens is 3. The van der Waals surface area contributed by atoms with E-state index in [0.717, 1.165) is 38.3 Å². The highest BCUT2D eigenvalue weighted by Crippen LogP contribution is 2.29. The molecule has 3 rings (SSSR count). The van der Waals surface area contributed by atoms with Gasteiger partial charge in [-0.25, -0.2) is 0 Å². The van der Waals surface area contributed by atoms with E-state index in [-0.39, 0.29) is 18.4 Å². The number of carbonyl (C=O) groups excluding carboxylic acids is 1. The van der Waals surface area contributed by atoms with E-state index in [4.69, 9.17) is 0 Å². The van der Waals surface area contributed by atoms with Gasteiger partial charge >= 0.3 is 6.18 Å². The average molecular weight is 411 g/mol. The van der Waals surface area contributed by atoms with Crippen LogP contribution in [-0.2, 0) is 17.4 Å². The van der Waals surface area contributed by atoms with Crippen molar-refractivity contribution in [3.8, 4) is 0 Å². The summed E-state index contributed by atoms with van der Waals surface area (Å²) in [5.41, 5.74) is -0.369. The minimum absolute atomic E-state index is 0.0657. The van der Waals surface area contributed by atoms with Crippen molar-refractivity contribution in [2.24, 2.45) is 0 Å². The summed E-state index contributed by atoms with van der Waals surface area (Å²) in [4.78, 5) is 18.2. The van der Waals surface area contributed by atoms with Crippen molar-refractivity contribution in [3.05, 3.63) is 57.8 Å². The molecular weight excluding hydrogens is 387 g/mol. The molecule has 8 heteroatoms. The third-order valence-electron chi connectivity index (χ3n) is 4.96. The fraction of sp³-hybridized carbons (Fsp3) is 0.450. The highest BCUT2D eigenvalue weighted by atomic mass is 32.1. The van der Waals surface area contributed by atoms with Gasteiger partial charge < -0.3 is 10.2 Å². The van der Waals surface area contributed by atoms with E-state index in [1.165, 1.54) is 10.9 Å². The van der Waals surface area contributed by atoms with E-state index in [9.17, 15) is 18.0 Å². The Balaban J connectivity index is 1.61. The summed E-state index contributed by atoms with van der Waals surface area (Å²) in [5, 5.41) is 4.93. The van der Waals surface area contributed by atoms with Crippen LogP contribution in [0.2, 0.25) is 0 Å². The molecule has 1 atom stereocenters. The molecule has 0 aliphatic carbocycles. The van der Waals surface area contributed by atoms with Crippen LogP contribution in [0.15, 0.2) is 41.8 Å². The molecule has 1 aliphatic heterocycles. The topological polar surface area (TPSA) is 35.6 Å². The molecular formula is C20H24F3N3OS. The van der Waals surface area contributed by atoms with E-state index >= 15 is 0 Å². The molecule has 1 N–H and O–H groups in total. The Labute approximate surface area is 167 Å². The number of amides is 1. The largest absolute Gasteiger partial charge is 0.416 e. The zero-order chi connectivity index (χ0) is 20.1. The lowest BCUT2D eigenvalue weighted by Crippen LogP contribution is -2.48. The zero-order valence-electron chi connectivity index (χ0n) is 15.7. The SMILES string of the molecule is CN1CCN([C@@H](CNC(=O)Cc2cccc(C(F)(F)F)c2)c2cccs2)CC1. The molecule has 0 bridgehead atoms. The maximum atomic E-state index is 12.8. The van der Waals surface area contributed by atoms with E-state index in [1.807, 2.05) is 11.4 Å². The van der Waals surface area contributed by atoms with Gasteiger partial charge in [-0.15, -0.1) is 11.3 Å².